The number of methoxy groups -OCH3 is 1. The fourth-order valence-corrected chi connectivity index (χ4v) is 3.76. The zero-order chi connectivity index (χ0) is 21.3. The molecule has 9 heteroatoms. The molecule has 2 atom stereocenters. The quantitative estimate of drug-likeness (QED) is 0.553. The Labute approximate surface area is 178 Å². The Balaban J connectivity index is 1.73. The van der Waals surface area contributed by atoms with E-state index in [9.17, 15) is 9.18 Å². The third-order valence-corrected chi connectivity index (χ3v) is 5.45. The van der Waals surface area contributed by atoms with Gasteiger partial charge in [0.25, 0.3) is 0 Å². The maximum atomic E-state index is 14.4. The molecule has 2 heterocycles. The summed E-state index contributed by atoms with van der Waals surface area (Å²) in [6.45, 7) is 2.62. The largest absolute Gasteiger partial charge is 0.496 e. The van der Waals surface area contributed by atoms with Crippen LogP contribution >= 0.6 is 11.6 Å². The first-order chi connectivity index (χ1) is 14.5. The van der Waals surface area contributed by atoms with Gasteiger partial charge in [0.05, 0.1) is 29.4 Å². The number of rotatable bonds is 6. The van der Waals surface area contributed by atoms with Crippen LogP contribution in [0.15, 0.2) is 36.7 Å². The van der Waals surface area contributed by atoms with E-state index in [0.717, 1.165) is 12.0 Å². The van der Waals surface area contributed by atoms with Crippen LogP contribution < -0.4 is 20.7 Å². The van der Waals surface area contributed by atoms with E-state index in [1.807, 2.05) is 13.0 Å². The smallest absolute Gasteiger partial charge is 0.237 e. The molecular formula is C21H21ClFN5O2. The highest BCUT2D eigenvalue weighted by molar-refractivity contribution is 6.31. The van der Waals surface area contributed by atoms with E-state index in [1.165, 1.54) is 12.4 Å². The molecule has 3 aromatic rings. The predicted octanol–water partition coefficient (Wildman–Crippen LogP) is 3.71. The fourth-order valence-electron chi connectivity index (χ4n) is 3.59. The number of carbonyl (C=O) groups is 1. The van der Waals surface area contributed by atoms with Crippen molar-refractivity contribution in [3.8, 4) is 5.75 Å². The van der Waals surface area contributed by atoms with Crippen LogP contribution in [-0.4, -0.2) is 35.6 Å². The number of hydrogen-bond donors (Lipinski definition) is 3. The number of aromatic nitrogens is 2. The van der Waals surface area contributed by atoms with Gasteiger partial charge in [0.2, 0.25) is 5.91 Å². The number of fused-ring (bicyclic) bond motifs is 1. The zero-order valence-electron chi connectivity index (χ0n) is 16.5. The fraction of sp³-hybridized carbons (Fsp3) is 0.286. The lowest BCUT2D eigenvalue weighted by Gasteiger charge is -2.21. The Bertz CT molecular complexity index is 1110. The summed E-state index contributed by atoms with van der Waals surface area (Å²) in [5, 5.41) is 9.88. The van der Waals surface area contributed by atoms with Crippen molar-refractivity contribution in [2.45, 2.75) is 25.4 Å². The summed E-state index contributed by atoms with van der Waals surface area (Å²) in [4.78, 5) is 20.5. The second-order valence-corrected chi connectivity index (χ2v) is 7.49. The molecule has 1 unspecified atom stereocenters. The zero-order valence-corrected chi connectivity index (χ0v) is 17.3. The number of halogens is 2. The van der Waals surface area contributed by atoms with Crippen LogP contribution in [0.25, 0.3) is 10.9 Å². The van der Waals surface area contributed by atoms with Crippen molar-refractivity contribution < 1.29 is 13.9 Å². The third-order valence-electron chi connectivity index (χ3n) is 5.16. The van der Waals surface area contributed by atoms with Gasteiger partial charge >= 0.3 is 0 Å². The Hall–Kier alpha value is -2.97. The van der Waals surface area contributed by atoms with Crippen molar-refractivity contribution in [3.05, 3.63) is 53.1 Å². The second-order valence-electron chi connectivity index (χ2n) is 7.08. The van der Waals surface area contributed by atoms with E-state index in [0.29, 0.717) is 29.0 Å². The summed E-state index contributed by atoms with van der Waals surface area (Å²) in [6.07, 6.45) is 2.12. The first-order valence-corrected chi connectivity index (χ1v) is 9.93. The first kappa shape index (κ1) is 20.3. The molecular weight excluding hydrogens is 409 g/mol. The summed E-state index contributed by atoms with van der Waals surface area (Å²) < 4.78 is 19.9. The molecule has 7 nitrogen and oxygen atoms in total. The lowest BCUT2D eigenvalue weighted by atomic mass is 10.0. The maximum Gasteiger partial charge on any atom is 0.237 e. The SMILES string of the molecule is COc1cc2ncnc(Nc3cccc(Cl)c3F)c2cc1C(C)N[C@H]1CCNC1=O. The molecule has 30 heavy (non-hydrogen) atoms. The molecule has 2 aromatic carbocycles. The summed E-state index contributed by atoms with van der Waals surface area (Å²) >= 11 is 5.89. The van der Waals surface area contributed by atoms with E-state index >= 15 is 0 Å². The minimum atomic E-state index is -0.554. The number of hydrogen-bond acceptors (Lipinski definition) is 6. The number of nitrogens with zero attached hydrogens (tertiary/aromatic N) is 2. The molecule has 1 fully saturated rings. The molecule has 1 saturated heterocycles. The van der Waals surface area contributed by atoms with Crippen LogP contribution in [0, 0.1) is 5.82 Å². The van der Waals surface area contributed by atoms with Gasteiger partial charge in [-0.3, -0.25) is 10.1 Å². The minimum absolute atomic E-state index is 0.0104. The van der Waals surface area contributed by atoms with Gasteiger partial charge in [-0.25, -0.2) is 14.4 Å². The maximum absolute atomic E-state index is 14.4. The molecule has 1 aromatic heterocycles. The Morgan fingerprint density at radius 2 is 2.17 bits per heavy atom. The summed E-state index contributed by atoms with van der Waals surface area (Å²) in [5.74, 6) is 0.515. The first-order valence-electron chi connectivity index (χ1n) is 9.55. The van der Waals surface area contributed by atoms with Gasteiger partial charge in [-0.15, -0.1) is 0 Å². The van der Waals surface area contributed by atoms with Crippen LogP contribution in [0.1, 0.15) is 24.9 Å². The molecule has 0 bridgehead atoms. The molecule has 1 aliphatic heterocycles. The molecule has 1 amide bonds. The summed E-state index contributed by atoms with van der Waals surface area (Å²) in [5.41, 5.74) is 1.70. The van der Waals surface area contributed by atoms with Crippen molar-refractivity contribution in [1.82, 2.24) is 20.6 Å². The van der Waals surface area contributed by atoms with Crippen LogP contribution in [0.4, 0.5) is 15.9 Å². The van der Waals surface area contributed by atoms with E-state index in [2.05, 4.69) is 25.9 Å². The van der Waals surface area contributed by atoms with Crippen LogP contribution in [-0.2, 0) is 4.79 Å². The molecule has 0 radical (unpaired) electrons. The molecule has 0 saturated carbocycles. The van der Waals surface area contributed by atoms with Gasteiger partial charge in [-0.2, -0.15) is 0 Å². The highest BCUT2D eigenvalue weighted by Gasteiger charge is 2.27. The number of ether oxygens (including phenoxy) is 1. The van der Waals surface area contributed by atoms with Gasteiger partial charge < -0.3 is 15.4 Å². The average molecular weight is 430 g/mol. The topological polar surface area (TPSA) is 88.2 Å². The number of anilines is 2. The van der Waals surface area contributed by atoms with Gasteiger partial charge in [0.15, 0.2) is 5.82 Å². The Kier molecular flexibility index (Phi) is 5.69. The molecule has 0 spiro atoms. The van der Waals surface area contributed by atoms with Crippen LogP contribution in [0.3, 0.4) is 0 Å². The lowest BCUT2D eigenvalue weighted by Crippen LogP contribution is -2.37. The number of carbonyl (C=O) groups excluding carboxylic acids is 1. The van der Waals surface area contributed by atoms with E-state index in [4.69, 9.17) is 16.3 Å². The van der Waals surface area contributed by atoms with Crippen molar-refractivity contribution >= 4 is 39.9 Å². The van der Waals surface area contributed by atoms with Gasteiger partial charge in [0, 0.05) is 29.6 Å². The summed E-state index contributed by atoms with van der Waals surface area (Å²) in [7, 11) is 1.58. The van der Waals surface area contributed by atoms with Crippen LogP contribution in [0.5, 0.6) is 5.75 Å². The molecule has 3 N–H and O–H groups in total. The Morgan fingerprint density at radius 1 is 1.33 bits per heavy atom. The predicted molar refractivity (Wildman–Crippen MR) is 114 cm³/mol. The van der Waals surface area contributed by atoms with Gasteiger partial charge in [0.1, 0.15) is 17.9 Å². The molecule has 0 aliphatic carbocycles. The van der Waals surface area contributed by atoms with Crippen molar-refractivity contribution in [2.24, 2.45) is 0 Å². The highest BCUT2D eigenvalue weighted by atomic mass is 35.5. The standard InChI is InChI=1S/C21H21ClFN5O2/c1-11(27-16-6-7-24-21(16)29)12-8-13-17(9-18(12)30-2)25-10-26-20(13)28-15-5-3-4-14(22)19(15)23/h3-5,8-11,16,27H,6-7H2,1-2H3,(H,24,29)(H,25,26,28)/t11?,16-/m0/s1. The highest BCUT2D eigenvalue weighted by Crippen LogP contribution is 2.34. The average Bonchev–Trinajstić information content (AvgIpc) is 3.15. The second kappa shape index (κ2) is 8.41. The van der Waals surface area contributed by atoms with E-state index < -0.39 is 5.82 Å². The summed E-state index contributed by atoms with van der Waals surface area (Å²) in [6, 6.07) is 7.99. The number of benzene rings is 2. The molecule has 1 aliphatic rings. The van der Waals surface area contributed by atoms with Gasteiger partial charge in [-0.1, -0.05) is 17.7 Å². The Morgan fingerprint density at radius 3 is 2.90 bits per heavy atom. The van der Waals surface area contributed by atoms with Crippen molar-refractivity contribution in [3.63, 3.8) is 0 Å². The molecule has 4 rings (SSSR count). The third kappa shape index (κ3) is 3.88. The van der Waals surface area contributed by atoms with Crippen molar-refractivity contribution in [1.29, 1.82) is 0 Å². The van der Waals surface area contributed by atoms with Crippen LogP contribution in [0.2, 0.25) is 5.02 Å². The molecule has 156 valence electrons. The lowest BCUT2D eigenvalue weighted by molar-refractivity contribution is -0.121. The monoisotopic (exact) mass is 429 g/mol. The minimum Gasteiger partial charge on any atom is -0.496 e. The van der Waals surface area contributed by atoms with Crippen molar-refractivity contribution in [2.75, 3.05) is 19.0 Å². The number of nitrogens with one attached hydrogen (secondary N) is 3. The van der Waals surface area contributed by atoms with E-state index in [1.54, 1.807) is 25.3 Å². The van der Waals surface area contributed by atoms with Gasteiger partial charge in [-0.05, 0) is 31.5 Å². The number of amides is 1. The normalized spacial score (nSPS) is 17.1. The van der Waals surface area contributed by atoms with E-state index in [-0.39, 0.29) is 28.7 Å².